The second kappa shape index (κ2) is 76.8. The second-order valence-electron chi connectivity index (χ2n) is 30.5. The van der Waals surface area contributed by atoms with Gasteiger partial charge in [0.15, 0.2) is 12.2 Å². The Bertz CT molecular complexity index is 1960. The van der Waals surface area contributed by atoms with Crippen molar-refractivity contribution in [2.24, 2.45) is 5.92 Å². The van der Waals surface area contributed by atoms with Crippen LogP contribution in [0.25, 0.3) is 0 Å². The fourth-order valence-electron chi connectivity index (χ4n) is 13.1. The van der Waals surface area contributed by atoms with Gasteiger partial charge in [-0.3, -0.25) is 37.3 Å². The number of aliphatic hydroxyl groups is 1. The van der Waals surface area contributed by atoms with Crippen molar-refractivity contribution in [3.8, 4) is 0 Å². The van der Waals surface area contributed by atoms with Gasteiger partial charge in [-0.05, 0) is 31.6 Å². The van der Waals surface area contributed by atoms with Crippen molar-refractivity contribution in [1.29, 1.82) is 0 Å². The van der Waals surface area contributed by atoms with Gasteiger partial charge in [0.2, 0.25) is 0 Å². The van der Waals surface area contributed by atoms with Gasteiger partial charge >= 0.3 is 39.5 Å². The molecule has 612 valence electrons. The predicted molar refractivity (Wildman–Crippen MR) is 423 cm³/mol. The molecule has 17 nitrogen and oxygen atoms in total. The van der Waals surface area contributed by atoms with Gasteiger partial charge in [-0.1, -0.05) is 401 Å². The highest BCUT2D eigenvalue weighted by Crippen LogP contribution is 2.45. The summed E-state index contributed by atoms with van der Waals surface area (Å²) in [6.07, 6.45) is 69.2. The molecule has 0 aromatic heterocycles. The van der Waals surface area contributed by atoms with Crippen LogP contribution in [0.2, 0.25) is 0 Å². The lowest BCUT2D eigenvalue weighted by Gasteiger charge is -2.21. The van der Waals surface area contributed by atoms with E-state index in [9.17, 15) is 43.2 Å². The van der Waals surface area contributed by atoms with Crippen molar-refractivity contribution >= 4 is 39.5 Å². The molecule has 0 amide bonds. The van der Waals surface area contributed by atoms with E-state index in [4.69, 9.17) is 37.0 Å². The standard InChI is InChI=1S/C84H164O17P2/c1-6-10-13-16-19-22-25-28-31-34-37-40-43-46-52-57-62-67-81(86)94-73-79(100-83(88)69-64-59-54-47-44-41-38-35-32-29-26-23-20-17-14-11-7-2)75-98-102(90,91)96-71-78(85)72-97-103(92,93)99-76-80(74-95-82(87)68-63-58-53-50-49-51-56-61-66-77(5)9-4)101-84(89)70-65-60-55-48-45-42-39-36-33-30-27-24-21-18-15-12-8-3/h77-80,85H,6-76H2,1-5H3,(H,90,91)(H,92,93)/t77?,78-,79-,80-/m1/s1. The number of aliphatic hydroxyl groups excluding tert-OH is 1. The van der Waals surface area contributed by atoms with Crippen LogP contribution in [-0.4, -0.2) is 96.7 Å². The number of hydrogen-bond donors (Lipinski definition) is 3. The van der Waals surface area contributed by atoms with Crippen LogP contribution in [0, 0.1) is 5.92 Å². The molecule has 0 aliphatic heterocycles. The van der Waals surface area contributed by atoms with Crippen LogP contribution in [-0.2, 0) is 65.4 Å². The van der Waals surface area contributed by atoms with E-state index in [0.717, 1.165) is 95.8 Å². The zero-order valence-electron chi connectivity index (χ0n) is 67.5. The monoisotopic (exact) mass is 1510 g/mol. The maximum Gasteiger partial charge on any atom is 0.472 e. The number of phosphoric ester groups is 2. The molecule has 0 radical (unpaired) electrons. The van der Waals surface area contributed by atoms with E-state index >= 15 is 0 Å². The summed E-state index contributed by atoms with van der Waals surface area (Å²) in [6.45, 7) is 7.37. The van der Waals surface area contributed by atoms with Crippen molar-refractivity contribution in [3.05, 3.63) is 0 Å². The number of carbonyl (C=O) groups excluding carboxylic acids is 4. The number of rotatable bonds is 84. The average molecular weight is 1510 g/mol. The molecule has 103 heavy (non-hydrogen) atoms. The summed E-state index contributed by atoms with van der Waals surface area (Å²) in [6, 6.07) is 0. The Morgan fingerprint density at radius 3 is 0.689 bits per heavy atom. The van der Waals surface area contributed by atoms with Gasteiger partial charge in [-0.2, -0.15) is 0 Å². The van der Waals surface area contributed by atoms with Gasteiger partial charge in [0.1, 0.15) is 19.3 Å². The van der Waals surface area contributed by atoms with Crippen molar-refractivity contribution in [2.75, 3.05) is 39.6 Å². The number of unbranched alkanes of at least 4 members (excludes halogenated alkanes) is 55. The SMILES string of the molecule is CCCCCCCCCCCCCCCCCCCC(=O)OC[C@H](COP(=O)(O)OC[C@@H](O)COP(=O)(O)OC[C@@H](COC(=O)CCCCCCCCCCC(C)CC)OC(=O)CCCCCCCCCCCCCCCCCCC)OC(=O)CCCCCCCCCCCCCCCCCCC. The summed E-state index contributed by atoms with van der Waals surface area (Å²) in [7, 11) is -9.93. The zero-order chi connectivity index (χ0) is 75.5. The van der Waals surface area contributed by atoms with Gasteiger partial charge in [0, 0.05) is 25.7 Å². The summed E-state index contributed by atoms with van der Waals surface area (Å²) in [5.41, 5.74) is 0. The summed E-state index contributed by atoms with van der Waals surface area (Å²) >= 11 is 0. The number of ether oxygens (including phenoxy) is 4. The molecule has 0 spiro atoms. The first-order chi connectivity index (χ1) is 50.1. The van der Waals surface area contributed by atoms with Crippen LogP contribution >= 0.6 is 15.6 Å². The molecule has 3 unspecified atom stereocenters. The molecule has 0 aliphatic rings. The lowest BCUT2D eigenvalue weighted by molar-refractivity contribution is -0.161. The average Bonchev–Trinajstić information content (AvgIpc) is 0.914. The van der Waals surface area contributed by atoms with E-state index in [1.54, 1.807) is 0 Å². The Labute approximate surface area is 632 Å². The highest BCUT2D eigenvalue weighted by Gasteiger charge is 2.30. The van der Waals surface area contributed by atoms with Gasteiger partial charge in [0.25, 0.3) is 0 Å². The molecule has 19 heteroatoms. The van der Waals surface area contributed by atoms with E-state index in [1.165, 1.54) is 276 Å². The van der Waals surface area contributed by atoms with E-state index in [0.29, 0.717) is 25.7 Å². The van der Waals surface area contributed by atoms with E-state index in [1.807, 2.05) is 0 Å². The number of hydrogen-bond acceptors (Lipinski definition) is 15. The maximum atomic E-state index is 13.1. The van der Waals surface area contributed by atoms with Crippen molar-refractivity contribution in [1.82, 2.24) is 0 Å². The molecule has 3 N–H and O–H groups in total. The molecule has 0 aromatic carbocycles. The van der Waals surface area contributed by atoms with E-state index < -0.39 is 97.5 Å². The highest BCUT2D eigenvalue weighted by molar-refractivity contribution is 7.47. The normalized spacial score (nSPS) is 14.1. The quantitative estimate of drug-likeness (QED) is 0.0222. The van der Waals surface area contributed by atoms with Crippen LogP contribution in [0.1, 0.15) is 452 Å². The van der Waals surface area contributed by atoms with Crippen LogP contribution in [0.5, 0.6) is 0 Å². The van der Waals surface area contributed by atoms with Crippen LogP contribution < -0.4 is 0 Å². The van der Waals surface area contributed by atoms with Crippen LogP contribution in [0.4, 0.5) is 0 Å². The highest BCUT2D eigenvalue weighted by atomic mass is 31.2. The fraction of sp³-hybridized carbons (Fsp3) is 0.952. The summed E-state index contributed by atoms with van der Waals surface area (Å²) < 4.78 is 68.9. The van der Waals surface area contributed by atoms with Crippen molar-refractivity contribution in [3.63, 3.8) is 0 Å². The molecular formula is C84H164O17P2. The van der Waals surface area contributed by atoms with Gasteiger partial charge < -0.3 is 33.8 Å². The first kappa shape index (κ1) is 101. The minimum atomic E-state index is -4.96. The van der Waals surface area contributed by atoms with Gasteiger partial charge in [0.05, 0.1) is 26.4 Å². The fourth-order valence-corrected chi connectivity index (χ4v) is 14.7. The minimum absolute atomic E-state index is 0.108. The van der Waals surface area contributed by atoms with Crippen molar-refractivity contribution in [2.45, 2.75) is 470 Å². The first-order valence-electron chi connectivity index (χ1n) is 43.7. The molecule has 6 atom stereocenters. The largest absolute Gasteiger partial charge is 0.472 e. The van der Waals surface area contributed by atoms with Crippen LogP contribution in [0.3, 0.4) is 0 Å². The Balaban J connectivity index is 5.26. The summed E-state index contributed by atoms with van der Waals surface area (Å²) in [4.78, 5) is 73.2. The number of carbonyl (C=O) groups is 4. The predicted octanol–water partition coefficient (Wildman–Crippen LogP) is 25.6. The maximum absolute atomic E-state index is 13.1. The third-order valence-corrected chi connectivity index (χ3v) is 22.0. The van der Waals surface area contributed by atoms with Gasteiger partial charge in [-0.15, -0.1) is 0 Å². The van der Waals surface area contributed by atoms with E-state index in [2.05, 4.69) is 34.6 Å². The Hall–Kier alpha value is -1.94. The smallest absolute Gasteiger partial charge is 0.462 e. The molecule has 0 rings (SSSR count). The Kier molecular flexibility index (Phi) is 75.4. The molecule has 0 bridgehead atoms. The zero-order valence-corrected chi connectivity index (χ0v) is 69.3. The molecule has 0 saturated heterocycles. The third-order valence-electron chi connectivity index (χ3n) is 20.1. The van der Waals surface area contributed by atoms with Crippen LogP contribution in [0.15, 0.2) is 0 Å². The number of esters is 4. The number of phosphoric acid groups is 2. The summed E-state index contributed by atoms with van der Waals surface area (Å²) in [5, 5.41) is 10.7. The second-order valence-corrected chi connectivity index (χ2v) is 33.4. The molecule has 0 aliphatic carbocycles. The molecular weight excluding hydrogens is 1340 g/mol. The molecule has 0 aromatic rings. The Morgan fingerprint density at radius 2 is 0.466 bits per heavy atom. The minimum Gasteiger partial charge on any atom is -0.462 e. The summed E-state index contributed by atoms with van der Waals surface area (Å²) in [5.74, 6) is -1.32. The molecule has 0 fully saturated rings. The molecule has 0 saturated carbocycles. The molecule has 0 heterocycles. The third kappa shape index (κ3) is 76.6. The topological polar surface area (TPSA) is 237 Å². The lowest BCUT2D eigenvalue weighted by Crippen LogP contribution is -2.30. The van der Waals surface area contributed by atoms with Gasteiger partial charge in [-0.25, -0.2) is 9.13 Å². The van der Waals surface area contributed by atoms with E-state index in [-0.39, 0.29) is 25.7 Å². The first-order valence-corrected chi connectivity index (χ1v) is 46.7. The van der Waals surface area contributed by atoms with Crippen molar-refractivity contribution < 1.29 is 80.2 Å². The Morgan fingerprint density at radius 1 is 0.272 bits per heavy atom. The lowest BCUT2D eigenvalue weighted by atomic mass is 9.99.